The van der Waals surface area contributed by atoms with Crippen LogP contribution in [0.25, 0.3) is 11.2 Å². The zero-order valence-electron chi connectivity index (χ0n) is 18.1. The fourth-order valence-corrected chi connectivity index (χ4v) is 4.06. The molecule has 1 atom stereocenters. The van der Waals surface area contributed by atoms with Crippen molar-refractivity contribution in [3.8, 4) is 17.9 Å². The van der Waals surface area contributed by atoms with Gasteiger partial charge in [0, 0.05) is 32.4 Å². The van der Waals surface area contributed by atoms with Gasteiger partial charge in [0.05, 0.1) is 24.3 Å². The Kier molecular flexibility index (Phi) is 5.80. The third kappa shape index (κ3) is 3.66. The molecule has 1 aliphatic rings. The van der Waals surface area contributed by atoms with Gasteiger partial charge in [-0.2, -0.15) is 10.2 Å². The van der Waals surface area contributed by atoms with Crippen molar-refractivity contribution in [1.29, 1.82) is 5.26 Å². The number of aryl methyl sites for hydroxylation is 1. The zero-order chi connectivity index (χ0) is 22.8. The normalized spacial score (nSPS) is 15.9. The van der Waals surface area contributed by atoms with E-state index in [1.165, 1.54) is 10.8 Å². The fourth-order valence-electron chi connectivity index (χ4n) is 4.06. The number of nitriles is 1. The molecule has 0 bridgehead atoms. The summed E-state index contributed by atoms with van der Waals surface area (Å²) >= 11 is 0. The summed E-state index contributed by atoms with van der Waals surface area (Å²) in [6.07, 6.45) is 3.38. The van der Waals surface area contributed by atoms with Crippen molar-refractivity contribution in [3.05, 3.63) is 50.4 Å². The van der Waals surface area contributed by atoms with Crippen LogP contribution >= 0.6 is 0 Å². The first-order chi connectivity index (χ1) is 15.5. The van der Waals surface area contributed by atoms with Gasteiger partial charge in [-0.25, -0.2) is 4.79 Å². The minimum atomic E-state index is -0.523. The number of nitrogens with zero attached hydrogens (tertiary/aromatic N) is 7. The molecule has 4 rings (SSSR count). The Labute approximate surface area is 184 Å². The number of fused-ring (bicyclic) bond motifs is 1. The second-order valence-electron chi connectivity index (χ2n) is 7.79. The highest BCUT2D eigenvalue weighted by molar-refractivity contribution is 5.75. The van der Waals surface area contributed by atoms with E-state index < -0.39 is 11.2 Å². The van der Waals surface area contributed by atoms with Crippen molar-refractivity contribution < 1.29 is 0 Å². The summed E-state index contributed by atoms with van der Waals surface area (Å²) in [5.74, 6) is 6.45. The highest BCUT2D eigenvalue weighted by Crippen LogP contribution is 2.22. The maximum Gasteiger partial charge on any atom is 0.332 e. The highest BCUT2D eigenvalue weighted by Gasteiger charge is 2.26. The van der Waals surface area contributed by atoms with E-state index in [4.69, 9.17) is 5.73 Å². The van der Waals surface area contributed by atoms with Crippen LogP contribution < -0.4 is 21.9 Å². The van der Waals surface area contributed by atoms with Crippen molar-refractivity contribution in [2.45, 2.75) is 38.9 Å². The zero-order valence-corrected chi connectivity index (χ0v) is 18.1. The molecular formula is C22H24N8O2. The molecule has 0 saturated carbocycles. The van der Waals surface area contributed by atoms with E-state index in [9.17, 15) is 14.9 Å². The predicted molar refractivity (Wildman–Crippen MR) is 120 cm³/mol. The standard InChI is InChI=1S/C22H24N8O2/c1-3-4-11-29-18-19(26-21(29)28-10-6-8-16(24)13-28)27(2)22(32)30(20(18)31)14-17-15(12-23)7-5-9-25-17/h5,7,9,16H,6,8,10-11,13-14,24H2,1-2H3/t16-/m0/s1. The van der Waals surface area contributed by atoms with Crippen LogP contribution in [0.1, 0.15) is 31.0 Å². The quantitative estimate of drug-likeness (QED) is 0.582. The summed E-state index contributed by atoms with van der Waals surface area (Å²) < 4.78 is 4.20. The first kappa shape index (κ1) is 21.3. The maximum atomic E-state index is 13.5. The van der Waals surface area contributed by atoms with E-state index in [2.05, 4.69) is 27.9 Å². The smallest absolute Gasteiger partial charge is 0.332 e. The summed E-state index contributed by atoms with van der Waals surface area (Å²) in [5, 5.41) is 9.37. The second-order valence-corrected chi connectivity index (χ2v) is 7.79. The lowest BCUT2D eigenvalue weighted by molar-refractivity contribution is 0.496. The van der Waals surface area contributed by atoms with Gasteiger partial charge in [0.25, 0.3) is 5.56 Å². The molecule has 3 aromatic heterocycles. The van der Waals surface area contributed by atoms with Gasteiger partial charge in [-0.3, -0.25) is 23.5 Å². The van der Waals surface area contributed by atoms with Crippen LogP contribution in [0, 0.1) is 23.2 Å². The van der Waals surface area contributed by atoms with E-state index in [1.54, 1.807) is 30.7 Å². The lowest BCUT2D eigenvalue weighted by atomic mass is 10.1. The number of aromatic nitrogens is 5. The van der Waals surface area contributed by atoms with Crippen molar-refractivity contribution >= 4 is 17.1 Å². The van der Waals surface area contributed by atoms with Gasteiger partial charge in [-0.15, -0.1) is 5.92 Å². The van der Waals surface area contributed by atoms with Gasteiger partial charge >= 0.3 is 5.69 Å². The van der Waals surface area contributed by atoms with Crippen LogP contribution in [0.3, 0.4) is 0 Å². The van der Waals surface area contributed by atoms with E-state index in [1.807, 2.05) is 4.90 Å². The molecule has 32 heavy (non-hydrogen) atoms. The fraction of sp³-hybridized carbons (Fsp3) is 0.409. The van der Waals surface area contributed by atoms with Crippen LogP contribution in [0.2, 0.25) is 0 Å². The van der Waals surface area contributed by atoms with Crippen LogP contribution in [0.5, 0.6) is 0 Å². The number of anilines is 1. The Bertz CT molecular complexity index is 1400. The summed E-state index contributed by atoms with van der Waals surface area (Å²) in [7, 11) is 1.58. The molecule has 0 aromatic carbocycles. The number of hydrogen-bond donors (Lipinski definition) is 1. The largest absolute Gasteiger partial charge is 0.341 e. The first-order valence-electron chi connectivity index (χ1n) is 10.4. The summed E-state index contributed by atoms with van der Waals surface area (Å²) in [4.78, 5) is 37.5. The SMILES string of the molecule is CC#CCn1c(N2CCC[C@H](N)C2)nc2c1c(=O)n(Cc1ncccc1C#N)c(=O)n2C. The summed E-state index contributed by atoms with van der Waals surface area (Å²) in [5.41, 5.74) is 6.41. The van der Waals surface area contributed by atoms with Crippen LogP contribution in [-0.4, -0.2) is 42.8 Å². The topological polar surface area (TPSA) is 128 Å². The monoisotopic (exact) mass is 432 g/mol. The molecule has 0 spiro atoms. The highest BCUT2D eigenvalue weighted by atomic mass is 16.2. The molecule has 164 valence electrons. The van der Waals surface area contributed by atoms with Gasteiger partial charge in [0.2, 0.25) is 5.95 Å². The molecule has 0 amide bonds. The predicted octanol–water partition coefficient (Wildman–Crippen LogP) is 0.162. The summed E-state index contributed by atoms with van der Waals surface area (Å²) in [6, 6.07) is 5.32. The molecule has 3 aromatic rings. The summed E-state index contributed by atoms with van der Waals surface area (Å²) in [6.45, 7) is 3.26. The Morgan fingerprint density at radius 3 is 2.84 bits per heavy atom. The number of imidazole rings is 1. The molecule has 0 radical (unpaired) electrons. The van der Waals surface area contributed by atoms with Gasteiger partial charge in [0.15, 0.2) is 11.2 Å². The third-order valence-corrected chi connectivity index (χ3v) is 5.69. The molecule has 0 aliphatic carbocycles. The van der Waals surface area contributed by atoms with E-state index in [0.29, 0.717) is 34.9 Å². The van der Waals surface area contributed by atoms with Gasteiger partial charge in [-0.1, -0.05) is 5.92 Å². The van der Waals surface area contributed by atoms with Crippen LogP contribution in [-0.2, 0) is 20.1 Å². The lowest BCUT2D eigenvalue weighted by Gasteiger charge is -2.31. The Balaban J connectivity index is 1.94. The molecule has 2 N–H and O–H groups in total. The average Bonchev–Trinajstić information content (AvgIpc) is 3.19. The second kappa shape index (κ2) is 8.69. The van der Waals surface area contributed by atoms with E-state index in [0.717, 1.165) is 24.0 Å². The van der Waals surface area contributed by atoms with Crippen molar-refractivity contribution in [2.24, 2.45) is 12.8 Å². The molecule has 10 heteroatoms. The maximum absolute atomic E-state index is 13.5. The molecule has 1 saturated heterocycles. The Morgan fingerprint density at radius 1 is 1.31 bits per heavy atom. The van der Waals surface area contributed by atoms with Gasteiger partial charge in [0.1, 0.15) is 6.07 Å². The first-order valence-corrected chi connectivity index (χ1v) is 10.4. The number of hydrogen-bond acceptors (Lipinski definition) is 7. The van der Waals surface area contributed by atoms with Crippen molar-refractivity contribution in [3.63, 3.8) is 0 Å². The number of nitrogens with two attached hydrogens (primary N) is 1. The van der Waals surface area contributed by atoms with Crippen molar-refractivity contribution in [2.75, 3.05) is 18.0 Å². The van der Waals surface area contributed by atoms with Gasteiger partial charge < -0.3 is 10.6 Å². The van der Waals surface area contributed by atoms with E-state index in [-0.39, 0.29) is 19.1 Å². The number of pyridine rings is 1. The number of piperidine rings is 1. The van der Waals surface area contributed by atoms with Gasteiger partial charge in [-0.05, 0) is 31.9 Å². The third-order valence-electron chi connectivity index (χ3n) is 5.69. The minimum Gasteiger partial charge on any atom is -0.341 e. The number of rotatable bonds is 4. The Hall–Kier alpha value is -3.89. The van der Waals surface area contributed by atoms with E-state index >= 15 is 0 Å². The lowest BCUT2D eigenvalue weighted by Crippen LogP contribution is -2.44. The van der Waals surface area contributed by atoms with Crippen LogP contribution in [0.4, 0.5) is 5.95 Å². The molecule has 0 unspecified atom stereocenters. The molecule has 10 nitrogen and oxygen atoms in total. The van der Waals surface area contributed by atoms with Crippen LogP contribution in [0.15, 0.2) is 27.9 Å². The molecular weight excluding hydrogens is 408 g/mol. The molecule has 1 fully saturated rings. The minimum absolute atomic E-state index is 0.0170. The molecule has 1 aliphatic heterocycles. The average molecular weight is 432 g/mol. The van der Waals surface area contributed by atoms with Crippen molar-refractivity contribution in [1.82, 2.24) is 23.7 Å². The Morgan fingerprint density at radius 2 is 2.12 bits per heavy atom. The molecule has 4 heterocycles.